The van der Waals surface area contributed by atoms with E-state index in [0.29, 0.717) is 0 Å². The molecule has 2 rings (SSSR count). The third-order valence-corrected chi connectivity index (χ3v) is 4.68. The molecule has 0 spiro atoms. The smallest absolute Gasteiger partial charge is 0.307 e. The van der Waals surface area contributed by atoms with Crippen molar-refractivity contribution in [3.05, 3.63) is 0 Å². The lowest BCUT2D eigenvalue weighted by Crippen LogP contribution is -2.39. The molecule has 3 nitrogen and oxygen atoms in total. The molecule has 1 heterocycles. The van der Waals surface area contributed by atoms with Crippen LogP contribution in [0, 0.1) is 11.8 Å². The molecule has 1 saturated heterocycles. The highest BCUT2D eigenvalue weighted by Crippen LogP contribution is 2.26. The van der Waals surface area contributed by atoms with Crippen molar-refractivity contribution in [2.75, 3.05) is 19.6 Å². The minimum Gasteiger partial charge on any atom is -0.481 e. The van der Waals surface area contributed by atoms with Crippen LogP contribution in [0.2, 0.25) is 0 Å². The van der Waals surface area contributed by atoms with Crippen molar-refractivity contribution in [3.8, 4) is 0 Å². The highest BCUT2D eigenvalue weighted by atomic mass is 16.4. The average Bonchev–Trinajstić information content (AvgIpc) is 2.65. The van der Waals surface area contributed by atoms with Gasteiger partial charge in [-0.25, -0.2) is 0 Å². The van der Waals surface area contributed by atoms with E-state index in [1.54, 1.807) is 0 Å². The third-order valence-electron chi connectivity index (χ3n) is 4.68. The molecule has 1 unspecified atom stereocenters. The number of carbonyl (C=O) groups is 1. The molecule has 18 heavy (non-hydrogen) atoms. The maximum absolute atomic E-state index is 11.0. The van der Waals surface area contributed by atoms with E-state index in [2.05, 4.69) is 4.90 Å². The minimum absolute atomic E-state index is 0.118. The zero-order valence-corrected chi connectivity index (χ0v) is 11.4. The number of piperidine rings is 1. The van der Waals surface area contributed by atoms with Gasteiger partial charge in [-0.15, -0.1) is 0 Å². The van der Waals surface area contributed by atoms with Crippen LogP contribution in [0.4, 0.5) is 0 Å². The Morgan fingerprint density at radius 2 is 1.78 bits per heavy atom. The number of rotatable bonds is 4. The van der Waals surface area contributed by atoms with Gasteiger partial charge in [0.1, 0.15) is 0 Å². The van der Waals surface area contributed by atoms with Gasteiger partial charge in [-0.3, -0.25) is 4.79 Å². The van der Waals surface area contributed by atoms with Gasteiger partial charge in [0, 0.05) is 6.54 Å². The molecule has 0 aromatic carbocycles. The van der Waals surface area contributed by atoms with Gasteiger partial charge >= 0.3 is 5.97 Å². The van der Waals surface area contributed by atoms with Crippen LogP contribution >= 0.6 is 0 Å². The molecule has 0 aromatic heterocycles. The normalized spacial score (nSPS) is 27.9. The maximum Gasteiger partial charge on any atom is 0.307 e. The molecule has 1 saturated carbocycles. The average molecular weight is 253 g/mol. The molecule has 2 aliphatic rings. The molecule has 104 valence electrons. The number of likely N-dealkylation sites (tertiary alicyclic amines) is 1. The van der Waals surface area contributed by atoms with Crippen LogP contribution in [0.15, 0.2) is 0 Å². The molecule has 0 aromatic rings. The molecular weight excluding hydrogens is 226 g/mol. The molecular formula is C15H27NO2. The summed E-state index contributed by atoms with van der Waals surface area (Å²) in [6, 6.07) is 0. The first-order chi connectivity index (χ1) is 8.75. The number of aliphatic carboxylic acids is 1. The number of hydrogen-bond acceptors (Lipinski definition) is 2. The molecule has 2 fully saturated rings. The summed E-state index contributed by atoms with van der Waals surface area (Å²) < 4.78 is 0. The Balaban J connectivity index is 1.70. The van der Waals surface area contributed by atoms with Crippen molar-refractivity contribution in [2.45, 2.75) is 57.8 Å². The van der Waals surface area contributed by atoms with Gasteiger partial charge in [0.25, 0.3) is 0 Å². The zero-order chi connectivity index (χ0) is 12.8. The molecule has 0 radical (unpaired) electrons. The fourth-order valence-corrected chi connectivity index (χ4v) is 3.48. The molecule has 1 N–H and O–H groups in total. The number of nitrogens with zero attached hydrogens (tertiary/aromatic N) is 1. The lowest BCUT2D eigenvalue weighted by Gasteiger charge is -2.31. The van der Waals surface area contributed by atoms with E-state index in [4.69, 9.17) is 5.11 Å². The second-order valence-electron chi connectivity index (χ2n) is 6.12. The quantitative estimate of drug-likeness (QED) is 0.782. The minimum atomic E-state index is -0.603. The van der Waals surface area contributed by atoms with Crippen LogP contribution in [0.25, 0.3) is 0 Å². The summed E-state index contributed by atoms with van der Waals surface area (Å²) >= 11 is 0. The Morgan fingerprint density at radius 3 is 2.44 bits per heavy atom. The van der Waals surface area contributed by atoms with Crippen LogP contribution in [-0.2, 0) is 4.79 Å². The molecule has 0 amide bonds. The van der Waals surface area contributed by atoms with E-state index in [9.17, 15) is 4.79 Å². The Kier molecular flexibility index (Phi) is 5.48. The van der Waals surface area contributed by atoms with E-state index < -0.39 is 5.97 Å². The Morgan fingerprint density at radius 1 is 1.06 bits per heavy atom. The Hall–Kier alpha value is -0.570. The molecule has 3 heteroatoms. The predicted octanol–water partition coefficient (Wildman–Crippen LogP) is 3.14. The predicted molar refractivity (Wildman–Crippen MR) is 72.6 cm³/mol. The highest BCUT2D eigenvalue weighted by Gasteiger charge is 2.25. The van der Waals surface area contributed by atoms with E-state index in [1.165, 1.54) is 44.9 Å². The van der Waals surface area contributed by atoms with Gasteiger partial charge in [0.05, 0.1) is 5.92 Å². The number of carboxylic acid groups (broad SMARTS) is 1. The molecule has 1 aliphatic heterocycles. The third kappa shape index (κ3) is 4.27. The number of hydrogen-bond donors (Lipinski definition) is 1. The molecule has 1 atom stereocenters. The lowest BCUT2D eigenvalue weighted by atomic mass is 9.94. The van der Waals surface area contributed by atoms with Crippen LogP contribution in [0.1, 0.15) is 57.8 Å². The van der Waals surface area contributed by atoms with Gasteiger partial charge in [0.2, 0.25) is 0 Å². The maximum atomic E-state index is 11.0. The van der Waals surface area contributed by atoms with Gasteiger partial charge in [-0.2, -0.15) is 0 Å². The first-order valence-electron chi connectivity index (χ1n) is 7.71. The zero-order valence-electron chi connectivity index (χ0n) is 11.4. The van der Waals surface area contributed by atoms with Gasteiger partial charge in [0.15, 0.2) is 0 Å². The van der Waals surface area contributed by atoms with Gasteiger partial charge in [-0.05, 0) is 38.3 Å². The van der Waals surface area contributed by atoms with Crippen molar-refractivity contribution in [1.82, 2.24) is 4.90 Å². The number of carboxylic acids is 1. The fraction of sp³-hybridized carbons (Fsp3) is 0.933. The summed E-state index contributed by atoms with van der Waals surface area (Å²) in [5.74, 6) is 0.180. The van der Waals surface area contributed by atoms with E-state index in [-0.39, 0.29) is 5.92 Å². The topological polar surface area (TPSA) is 40.5 Å². The van der Waals surface area contributed by atoms with Crippen LogP contribution < -0.4 is 0 Å². The SMILES string of the molecule is O=C(O)C1CCCN(CCC2CCCCCC2)C1. The summed E-state index contributed by atoms with van der Waals surface area (Å²) in [6.45, 7) is 3.01. The fourth-order valence-electron chi connectivity index (χ4n) is 3.48. The highest BCUT2D eigenvalue weighted by molar-refractivity contribution is 5.70. The standard InChI is InChI=1S/C15H27NO2/c17-15(18)14-8-5-10-16(12-14)11-9-13-6-3-1-2-4-7-13/h13-14H,1-12H2,(H,17,18). The van der Waals surface area contributed by atoms with E-state index in [1.807, 2.05) is 0 Å². The summed E-state index contributed by atoms with van der Waals surface area (Å²) in [6.07, 6.45) is 11.7. The van der Waals surface area contributed by atoms with Gasteiger partial charge < -0.3 is 10.0 Å². The Bertz CT molecular complexity index is 259. The van der Waals surface area contributed by atoms with E-state index in [0.717, 1.165) is 38.4 Å². The second kappa shape index (κ2) is 7.13. The van der Waals surface area contributed by atoms with Crippen LogP contribution in [0.5, 0.6) is 0 Å². The Labute approximate surface area is 111 Å². The van der Waals surface area contributed by atoms with Gasteiger partial charge in [-0.1, -0.05) is 38.5 Å². The monoisotopic (exact) mass is 253 g/mol. The molecule has 1 aliphatic carbocycles. The van der Waals surface area contributed by atoms with Crippen molar-refractivity contribution < 1.29 is 9.90 Å². The summed E-state index contributed by atoms with van der Waals surface area (Å²) in [4.78, 5) is 13.4. The second-order valence-corrected chi connectivity index (χ2v) is 6.12. The summed E-state index contributed by atoms with van der Waals surface area (Å²) in [5.41, 5.74) is 0. The van der Waals surface area contributed by atoms with Crippen molar-refractivity contribution in [2.24, 2.45) is 11.8 Å². The summed E-state index contributed by atoms with van der Waals surface area (Å²) in [5, 5.41) is 9.08. The van der Waals surface area contributed by atoms with E-state index >= 15 is 0 Å². The summed E-state index contributed by atoms with van der Waals surface area (Å²) in [7, 11) is 0. The van der Waals surface area contributed by atoms with Crippen molar-refractivity contribution >= 4 is 5.97 Å². The largest absolute Gasteiger partial charge is 0.481 e. The van der Waals surface area contributed by atoms with Crippen molar-refractivity contribution in [1.29, 1.82) is 0 Å². The molecule has 0 bridgehead atoms. The lowest BCUT2D eigenvalue weighted by molar-refractivity contribution is -0.143. The first kappa shape index (κ1) is 13.9. The van der Waals surface area contributed by atoms with Crippen LogP contribution in [0.3, 0.4) is 0 Å². The first-order valence-corrected chi connectivity index (χ1v) is 7.71. The van der Waals surface area contributed by atoms with Crippen molar-refractivity contribution in [3.63, 3.8) is 0 Å². The van der Waals surface area contributed by atoms with Crippen LogP contribution in [-0.4, -0.2) is 35.6 Å².